The van der Waals surface area contributed by atoms with E-state index in [0.29, 0.717) is 24.5 Å². The summed E-state index contributed by atoms with van der Waals surface area (Å²) in [6.45, 7) is 3.97. The number of nitrogens with zero attached hydrogens (tertiary/aromatic N) is 1. The number of benzene rings is 2. The van der Waals surface area contributed by atoms with Crippen LogP contribution in [0.2, 0.25) is 0 Å². The molecule has 0 atom stereocenters. The van der Waals surface area contributed by atoms with Crippen molar-refractivity contribution in [3.63, 3.8) is 0 Å². The third-order valence-corrected chi connectivity index (χ3v) is 3.97. The summed E-state index contributed by atoms with van der Waals surface area (Å²) in [6, 6.07) is 17.8. The van der Waals surface area contributed by atoms with Crippen molar-refractivity contribution in [3.05, 3.63) is 66.4 Å². The number of ether oxygens (including phenoxy) is 1. The second kappa shape index (κ2) is 7.68. The fraction of sp³-hybridized carbons (Fsp3) is 0.250. The van der Waals surface area contributed by atoms with E-state index in [0.717, 1.165) is 13.0 Å². The number of para-hydroxylation sites is 2. The molecule has 4 nitrogen and oxygen atoms in total. The Kier molecular flexibility index (Phi) is 5.16. The Morgan fingerprint density at radius 1 is 1.08 bits per heavy atom. The second-order valence-electron chi connectivity index (χ2n) is 5.61. The average Bonchev–Trinajstić information content (AvgIpc) is 3.02. The molecular formula is C20H22N2O2. The molecule has 1 N–H and O–H groups in total. The normalized spacial score (nSPS) is 10.7. The van der Waals surface area contributed by atoms with Gasteiger partial charge in [0.15, 0.2) is 0 Å². The molecule has 24 heavy (non-hydrogen) atoms. The number of carbonyl (C=O) groups excluding carboxylic acids is 1. The summed E-state index contributed by atoms with van der Waals surface area (Å²) < 4.78 is 7.72. The van der Waals surface area contributed by atoms with Crippen LogP contribution >= 0.6 is 0 Å². The van der Waals surface area contributed by atoms with Crippen molar-refractivity contribution in [3.8, 4) is 5.75 Å². The van der Waals surface area contributed by atoms with Crippen molar-refractivity contribution < 1.29 is 9.53 Å². The standard InChI is InChI=1S/C20H22N2O2/c1-2-24-19-11-6-4-9-17(19)20(23)21-13-7-14-22-15-12-16-8-3-5-10-18(16)22/h3-6,8-12,15H,2,7,13-14H2,1H3,(H,21,23). The van der Waals surface area contributed by atoms with E-state index >= 15 is 0 Å². The van der Waals surface area contributed by atoms with Crippen LogP contribution in [0.3, 0.4) is 0 Å². The highest BCUT2D eigenvalue weighted by atomic mass is 16.5. The molecule has 0 bridgehead atoms. The van der Waals surface area contributed by atoms with Gasteiger partial charge in [0.25, 0.3) is 5.91 Å². The molecule has 4 heteroatoms. The van der Waals surface area contributed by atoms with E-state index in [-0.39, 0.29) is 5.91 Å². The topological polar surface area (TPSA) is 43.3 Å². The van der Waals surface area contributed by atoms with Crippen molar-refractivity contribution in [2.24, 2.45) is 0 Å². The molecule has 1 aromatic heterocycles. The van der Waals surface area contributed by atoms with Crippen LogP contribution in [0.4, 0.5) is 0 Å². The highest BCUT2D eigenvalue weighted by Gasteiger charge is 2.11. The number of amides is 1. The van der Waals surface area contributed by atoms with Crippen LogP contribution in [0, 0.1) is 0 Å². The molecule has 0 radical (unpaired) electrons. The molecule has 0 spiro atoms. The molecule has 0 aliphatic carbocycles. The number of hydrogen-bond donors (Lipinski definition) is 1. The zero-order valence-corrected chi connectivity index (χ0v) is 13.9. The third-order valence-electron chi connectivity index (χ3n) is 3.97. The van der Waals surface area contributed by atoms with Gasteiger partial charge >= 0.3 is 0 Å². The van der Waals surface area contributed by atoms with E-state index in [1.807, 2.05) is 37.3 Å². The van der Waals surface area contributed by atoms with Crippen LogP contribution < -0.4 is 10.1 Å². The largest absolute Gasteiger partial charge is 0.493 e. The summed E-state index contributed by atoms with van der Waals surface area (Å²) in [5, 5.41) is 4.22. The van der Waals surface area contributed by atoms with Crippen LogP contribution in [-0.4, -0.2) is 23.6 Å². The SMILES string of the molecule is CCOc1ccccc1C(=O)NCCCn1ccc2ccccc21. The van der Waals surface area contributed by atoms with E-state index in [2.05, 4.69) is 34.3 Å². The van der Waals surface area contributed by atoms with Gasteiger partial charge in [-0.05, 0) is 43.0 Å². The van der Waals surface area contributed by atoms with E-state index in [1.54, 1.807) is 6.07 Å². The lowest BCUT2D eigenvalue weighted by molar-refractivity contribution is 0.0949. The fourth-order valence-electron chi connectivity index (χ4n) is 2.82. The van der Waals surface area contributed by atoms with Gasteiger partial charge in [-0.3, -0.25) is 4.79 Å². The first-order valence-corrected chi connectivity index (χ1v) is 8.33. The minimum Gasteiger partial charge on any atom is -0.493 e. The Morgan fingerprint density at radius 2 is 1.88 bits per heavy atom. The highest BCUT2D eigenvalue weighted by Crippen LogP contribution is 2.18. The molecule has 0 fully saturated rings. The Bertz CT molecular complexity index is 823. The maximum atomic E-state index is 12.3. The maximum Gasteiger partial charge on any atom is 0.255 e. The minimum absolute atomic E-state index is 0.0867. The van der Waals surface area contributed by atoms with Crippen LogP contribution in [0.15, 0.2) is 60.8 Å². The number of carbonyl (C=O) groups is 1. The van der Waals surface area contributed by atoms with Crippen molar-refractivity contribution in [1.82, 2.24) is 9.88 Å². The van der Waals surface area contributed by atoms with Crippen molar-refractivity contribution in [2.45, 2.75) is 19.9 Å². The van der Waals surface area contributed by atoms with Crippen molar-refractivity contribution in [2.75, 3.05) is 13.2 Å². The molecule has 0 saturated heterocycles. The first-order chi connectivity index (χ1) is 11.8. The summed E-state index contributed by atoms with van der Waals surface area (Å²) in [5.74, 6) is 0.547. The summed E-state index contributed by atoms with van der Waals surface area (Å²) in [5.41, 5.74) is 1.82. The number of nitrogens with one attached hydrogen (secondary N) is 1. The van der Waals surface area contributed by atoms with Crippen LogP contribution in [0.1, 0.15) is 23.7 Å². The molecule has 0 unspecified atom stereocenters. The molecule has 3 aromatic rings. The summed E-state index contributed by atoms with van der Waals surface area (Å²) in [4.78, 5) is 12.3. The Balaban J connectivity index is 1.54. The van der Waals surface area contributed by atoms with Crippen LogP contribution in [0.5, 0.6) is 5.75 Å². The van der Waals surface area contributed by atoms with Crippen molar-refractivity contribution >= 4 is 16.8 Å². The lowest BCUT2D eigenvalue weighted by Crippen LogP contribution is -2.25. The van der Waals surface area contributed by atoms with Gasteiger partial charge in [-0.2, -0.15) is 0 Å². The maximum absolute atomic E-state index is 12.3. The monoisotopic (exact) mass is 322 g/mol. The number of rotatable bonds is 7. The predicted octanol–water partition coefficient (Wildman–Crippen LogP) is 3.86. The van der Waals surface area contributed by atoms with Gasteiger partial charge in [-0.1, -0.05) is 30.3 Å². The van der Waals surface area contributed by atoms with Gasteiger partial charge in [0.1, 0.15) is 5.75 Å². The number of aromatic nitrogens is 1. The fourth-order valence-corrected chi connectivity index (χ4v) is 2.82. The molecule has 3 rings (SSSR count). The van der Waals surface area contributed by atoms with Crippen LogP contribution in [-0.2, 0) is 6.54 Å². The first-order valence-electron chi connectivity index (χ1n) is 8.33. The second-order valence-corrected chi connectivity index (χ2v) is 5.61. The van der Waals surface area contributed by atoms with Crippen LogP contribution in [0.25, 0.3) is 10.9 Å². The predicted molar refractivity (Wildman–Crippen MR) is 96.5 cm³/mol. The van der Waals surface area contributed by atoms with E-state index in [1.165, 1.54) is 10.9 Å². The zero-order valence-electron chi connectivity index (χ0n) is 13.9. The quantitative estimate of drug-likeness (QED) is 0.671. The summed E-state index contributed by atoms with van der Waals surface area (Å²) >= 11 is 0. The molecule has 2 aromatic carbocycles. The Morgan fingerprint density at radius 3 is 2.75 bits per heavy atom. The van der Waals surface area contributed by atoms with Gasteiger partial charge in [-0.15, -0.1) is 0 Å². The van der Waals surface area contributed by atoms with Gasteiger partial charge < -0.3 is 14.6 Å². The number of hydrogen-bond acceptors (Lipinski definition) is 2. The number of fused-ring (bicyclic) bond motifs is 1. The summed E-state index contributed by atoms with van der Waals surface area (Å²) in [7, 11) is 0. The van der Waals surface area contributed by atoms with E-state index < -0.39 is 0 Å². The molecule has 124 valence electrons. The highest BCUT2D eigenvalue weighted by molar-refractivity contribution is 5.96. The Hall–Kier alpha value is -2.75. The molecule has 1 amide bonds. The van der Waals surface area contributed by atoms with Gasteiger partial charge in [0, 0.05) is 24.8 Å². The van der Waals surface area contributed by atoms with Gasteiger partial charge in [-0.25, -0.2) is 0 Å². The zero-order chi connectivity index (χ0) is 16.8. The van der Waals surface area contributed by atoms with Gasteiger partial charge in [0.2, 0.25) is 0 Å². The van der Waals surface area contributed by atoms with Crippen molar-refractivity contribution in [1.29, 1.82) is 0 Å². The molecule has 0 aliphatic rings. The smallest absolute Gasteiger partial charge is 0.255 e. The van der Waals surface area contributed by atoms with Gasteiger partial charge in [0.05, 0.1) is 12.2 Å². The molecule has 0 aliphatic heterocycles. The van der Waals surface area contributed by atoms with E-state index in [9.17, 15) is 4.79 Å². The third kappa shape index (κ3) is 3.59. The first kappa shape index (κ1) is 16.1. The lowest BCUT2D eigenvalue weighted by Gasteiger charge is -2.11. The molecule has 1 heterocycles. The molecular weight excluding hydrogens is 300 g/mol. The minimum atomic E-state index is -0.0867. The summed E-state index contributed by atoms with van der Waals surface area (Å²) in [6.07, 6.45) is 2.97. The average molecular weight is 322 g/mol. The Labute approximate surface area is 142 Å². The lowest BCUT2D eigenvalue weighted by atomic mass is 10.2. The number of aryl methyl sites for hydroxylation is 1. The molecule has 0 saturated carbocycles. The van der Waals surface area contributed by atoms with E-state index in [4.69, 9.17) is 4.74 Å².